The number of nitrogens with zero attached hydrogens (tertiary/aromatic N) is 2. The molecule has 1 unspecified atom stereocenters. The maximum Gasteiger partial charge on any atom is 0.311 e. The quantitative estimate of drug-likeness (QED) is 0.300. The monoisotopic (exact) mass is 532 g/mol. The molecule has 6 rings (SSSR count). The van der Waals surface area contributed by atoms with Crippen LogP contribution in [0, 0.1) is 11.3 Å². The van der Waals surface area contributed by atoms with Crippen LogP contribution < -0.4 is 14.2 Å². The number of carboxylic acid groups (broad SMARTS) is 1. The van der Waals surface area contributed by atoms with Gasteiger partial charge in [-0.05, 0) is 72.6 Å². The Kier molecular flexibility index (Phi) is 6.62. The lowest BCUT2D eigenvalue weighted by molar-refractivity contribution is -0.139. The Balaban J connectivity index is 1.16. The molecule has 40 heavy (non-hydrogen) atoms. The van der Waals surface area contributed by atoms with Crippen LogP contribution in [0.4, 0.5) is 0 Å². The van der Waals surface area contributed by atoms with E-state index in [2.05, 4.69) is 12.1 Å². The molecule has 0 bridgehead atoms. The van der Waals surface area contributed by atoms with Crippen LogP contribution in [0.5, 0.6) is 23.0 Å². The maximum absolute atomic E-state index is 13.0. The summed E-state index contributed by atoms with van der Waals surface area (Å²) in [7, 11) is 0. The second-order valence-electron chi connectivity index (χ2n) is 9.69. The Labute approximate surface area is 230 Å². The number of Topliss-reactive ketones (excluding diaryl/α,β-unsaturated/α-hetero) is 1. The third-order valence-electron chi connectivity index (χ3n) is 7.11. The third-order valence-corrected chi connectivity index (χ3v) is 7.11. The van der Waals surface area contributed by atoms with E-state index in [0.717, 1.165) is 29.0 Å². The summed E-state index contributed by atoms with van der Waals surface area (Å²) in [6.45, 7) is 0.963. The van der Waals surface area contributed by atoms with Crippen molar-refractivity contribution in [1.29, 1.82) is 5.26 Å². The van der Waals surface area contributed by atoms with Crippen molar-refractivity contribution in [3.8, 4) is 40.3 Å². The lowest BCUT2D eigenvalue weighted by Gasteiger charge is -2.24. The van der Waals surface area contributed by atoms with Crippen LogP contribution >= 0.6 is 0 Å². The number of pyridine rings is 1. The molecule has 1 N–H and O–H groups in total. The molecule has 0 saturated heterocycles. The molecule has 1 atom stereocenters. The van der Waals surface area contributed by atoms with E-state index in [0.29, 0.717) is 41.3 Å². The number of hydrogen-bond acceptors (Lipinski definition) is 7. The van der Waals surface area contributed by atoms with Crippen LogP contribution in [-0.2, 0) is 17.6 Å². The van der Waals surface area contributed by atoms with E-state index in [1.54, 1.807) is 30.3 Å². The number of ether oxygens (including phenoxy) is 3. The molecule has 4 aromatic rings. The summed E-state index contributed by atoms with van der Waals surface area (Å²) in [5.74, 6) is 0.222. The molecule has 2 aliphatic heterocycles. The first-order chi connectivity index (χ1) is 19.5. The minimum atomic E-state index is -0.956. The largest absolute Gasteiger partial charge is 0.493 e. The molecule has 1 aromatic heterocycles. The summed E-state index contributed by atoms with van der Waals surface area (Å²) in [6.07, 6.45) is 1.37. The number of benzene rings is 3. The first-order valence-corrected chi connectivity index (χ1v) is 13.0. The van der Waals surface area contributed by atoms with Crippen molar-refractivity contribution in [2.75, 3.05) is 13.2 Å². The van der Waals surface area contributed by atoms with Crippen LogP contribution in [-0.4, -0.2) is 35.1 Å². The minimum Gasteiger partial charge on any atom is -0.493 e. The van der Waals surface area contributed by atoms with Crippen LogP contribution in [0.25, 0.3) is 11.3 Å². The Morgan fingerprint density at radius 1 is 1.00 bits per heavy atom. The number of ketones is 1. The van der Waals surface area contributed by atoms with Crippen LogP contribution in [0.2, 0.25) is 0 Å². The molecule has 0 radical (unpaired) electrons. The van der Waals surface area contributed by atoms with Crippen LogP contribution in [0.15, 0.2) is 72.8 Å². The number of hydrogen-bond donors (Lipinski definition) is 1. The highest BCUT2D eigenvalue weighted by Crippen LogP contribution is 2.40. The fraction of sp³-hybridized carbons (Fsp3) is 0.188. The summed E-state index contributed by atoms with van der Waals surface area (Å²) in [5.41, 5.74) is 4.81. The van der Waals surface area contributed by atoms with E-state index in [9.17, 15) is 20.0 Å². The van der Waals surface area contributed by atoms with Gasteiger partial charge in [0, 0.05) is 34.9 Å². The molecule has 0 saturated carbocycles. The van der Waals surface area contributed by atoms with Gasteiger partial charge in [0.15, 0.2) is 5.78 Å². The second kappa shape index (κ2) is 10.5. The molecule has 0 amide bonds. The minimum absolute atomic E-state index is 0.0850. The summed E-state index contributed by atoms with van der Waals surface area (Å²) < 4.78 is 17.2. The molecular formula is C32H24N2O6. The summed E-state index contributed by atoms with van der Waals surface area (Å²) in [4.78, 5) is 29.3. The van der Waals surface area contributed by atoms with E-state index >= 15 is 0 Å². The van der Waals surface area contributed by atoms with Gasteiger partial charge < -0.3 is 19.3 Å². The van der Waals surface area contributed by atoms with E-state index in [-0.39, 0.29) is 30.1 Å². The van der Waals surface area contributed by atoms with E-state index in [1.165, 1.54) is 6.07 Å². The number of rotatable bonds is 7. The highest BCUT2D eigenvalue weighted by Gasteiger charge is 2.29. The number of carboxylic acids is 1. The summed E-state index contributed by atoms with van der Waals surface area (Å²) in [5, 5.41) is 19.1. The zero-order chi connectivity index (χ0) is 27.6. The Bertz CT molecular complexity index is 1670. The smallest absolute Gasteiger partial charge is 0.311 e. The molecule has 0 fully saturated rings. The van der Waals surface area contributed by atoms with Crippen molar-refractivity contribution in [3.63, 3.8) is 0 Å². The zero-order valence-electron chi connectivity index (χ0n) is 21.4. The van der Waals surface area contributed by atoms with Crippen molar-refractivity contribution < 1.29 is 28.9 Å². The molecular weight excluding hydrogens is 508 g/mol. The van der Waals surface area contributed by atoms with Crippen LogP contribution in [0.3, 0.4) is 0 Å². The van der Waals surface area contributed by atoms with Gasteiger partial charge in [0.1, 0.15) is 29.1 Å². The Hall–Kier alpha value is -5.16. The molecule has 8 heteroatoms. The number of carbonyl (C=O) groups excluding carboxylic acids is 1. The van der Waals surface area contributed by atoms with Crippen molar-refractivity contribution in [3.05, 3.63) is 101 Å². The van der Waals surface area contributed by atoms with Crippen molar-refractivity contribution in [1.82, 2.24) is 4.98 Å². The average Bonchev–Trinajstić information content (AvgIpc) is 3.45. The van der Waals surface area contributed by atoms with Gasteiger partial charge in [0.2, 0.25) is 0 Å². The highest BCUT2D eigenvalue weighted by molar-refractivity contribution is 5.97. The molecule has 8 nitrogen and oxygen atoms in total. The van der Waals surface area contributed by atoms with Gasteiger partial charge in [-0.15, -0.1) is 0 Å². The van der Waals surface area contributed by atoms with Crippen molar-refractivity contribution in [2.45, 2.75) is 25.2 Å². The maximum atomic E-state index is 13.0. The lowest BCUT2D eigenvalue weighted by atomic mass is 9.91. The summed E-state index contributed by atoms with van der Waals surface area (Å²) in [6, 6.07) is 23.5. The van der Waals surface area contributed by atoms with Crippen molar-refractivity contribution >= 4 is 11.8 Å². The van der Waals surface area contributed by atoms with Gasteiger partial charge in [0.05, 0.1) is 36.8 Å². The van der Waals surface area contributed by atoms with Gasteiger partial charge >= 0.3 is 5.97 Å². The molecule has 3 heterocycles. The fourth-order valence-corrected chi connectivity index (χ4v) is 5.03. The van der Waals surface area contributed by atoms with Gasteiger partial charge in [0.25, 0.3) is 0 Å². The molecule has 198 valence electrons. The molecule has 0 aliphatic carbocycles. The molecule has 2 aliphatic rings. The first kappa shape index (κ1) is 25.1. The number of carbonyl (C=O) groups is 2. The average molecular weight is 533 g/mol. The SMILES string of the molecule is N#Cc1cc2c(cc1Oc1ccc(C(=O)Cc3cccc(-c4ccc5c(c4)CCO5)n3)cc1)OCCC2C(=O)O. The second-order valence-corrected chi connectivity index (χ2v) is 9.69. The van der Waals surface area contributed by atoms with E-state index in [1.807, 2.05) is 30.3 Å². The fourth-order valence-electron chi connectivity index (χ4n) is 5.03. The predicted molar refractivity (Wildman–Crippen MR) is 145 cm³/mol. The predicted octanol–water partition coefficient (Wildman–Crippen LogP) is 5.72. The lowest BCUT2D eigenvalue weighted by Crippen LogP contribution is -2.21. The van der Waals surface area contributed by atoms with Crippen LogP contribution in [0.1, 0.15) is 45.1 Å². The van der Waals surface area contributed by atoms with E-state index in [4.69, 9.17) is 19.2 Å². The first-order valence-electron chi connectivity index (χ1n) is 13.0. The zero-order valence-corrected chi connectivity index (χ0v) is 21.4. The number of fused-ring (bicyclic) bond motifs is 2. The molecule has 0 spiro atoms. The highest BCUT2D eigenvalue weighted by atomic mass is 16.5. The van der Waals surface area contributed by atoms with Crippen molar-refractivity contribution in [2.24, 2.45) is 0 Å². The number of aromatic nitrogens is 1. The summed E-state index contributed by atoms with van der Waals surface area (Å²) >= 11 is 0. The molecule has 3 aromatic carbocycles. The Morgan fingerprint density at radius 3 is 2.62 bits per heavy atom. The number of nitriles is 1. The Morgan fingerprint density at radius 2 is 1.82 bits per heavy atom. The normalized spacial score (nSPS) is 15.1. The standard InChI is InChI=1S/C32H24N2O6/c33-18-22-15-26-25(32(36)37)11-13-39-31(26)17-30(22)40-24-7-4-19(5-8-24)28(35)16-23-2-1-3-27(34-23)20-6-9-29-21(14-20)10-12-38-29/h1-9,14-15,17,25H,10-13,16H2,(H,36,37). The third kappa shape index (κ3) is 4.97. The topological polar surface area (TPSA) is 119 Å². The van der Waals surface area contributed by atoms with Gasteiger partial charge in [-0.25, -0.2) is 0 Å². The van der Waals surface area contributed by atoms with E-state index < -0.39 is 11.9 Å². The van der Waals surface area contributed by atoms with Gasteiger partial charge in [-0.1, -0.05) is 6.07 Å². The van der Waals surface area contributed by atoms with Gasteiger partial charge in [-0.2, -0.15) is 5.26 Å². The van der Waals surface area contributed by atoms with Gasteiger partial charge in [-0.3, -0.25) is 14.6 Å². The number of aliphatic carboxylic acids is 1.